The number of primary amides is 1. The van der Waals surface area contributed by atoms with Gasteiger partial charge in [0.2, 0.25) is 0 Å². The van der Waals surface area contributed by atoms with Crippen molar-refractivity contribution in [1.29, 1.82) is 0 Å². The molecule has 0 bridgehead atoms. The van der Waals surface area contributed by atoms with Crippen molar-refractivity contribution in [3.05, 3.63) is 30.5 Å². The quantitative estimate of drug-likeness (QED) is 0.441. The van der Waals surface area contributed by atoms with Crippen LogP contribution >= 0.6 is 0 Å². The van der Waals surface area contributed by atoms with Gasteiger partial charge in [0.05, 0.1) is 19.0 Å². The largest absolute Gasteiger partial charge is 0.497 e. The van der Waals surface area contributed by atoms with E-state index in [1.165, 1.54) is 4.68 Å². The molecular formula is C18H24N6O4. The molecule has 1 heterocycles. The van der Waals surface area contributed by atoms with E-state index in [-0.39, 0.29) is 5.71 Å². The summed E-state index contributed by atoms with van der Waals surface area (Å²) < 4.78 is 11.9. The first kappa shape index (κ1) is 20.9. The summed E-state index contributed by atoms with van der Waals surface area (Å²) in [5.41, 5.74) is 8.01. The number of rotatable bonds is 6. The van der Waals surface area contributed by atoms with E-state index in [2.05, 4.69) is 20.8 Å². The lowest BCUT2D eigenvalue weighted by molar-refractivity contribution is -0.157. The van der Waals surface area contributed by atoms with Gasteiger partial charge in [0, 0.05) is 5.56 Å². The highest BCUT2D eigenvalue weighted by molar-refractivity contribution is 6.03. The molecule has 2 rings (SSSR count). The minimum absolute atomic E-state index is 0.235. The lowest BCUT2D eigenvalue weighted by Crippen LogP contribution is -2.35. The molecule has 2 amide bonds. The highest BCUT2D eigenvalue weighted by atomic mass is 16.6. The lowest BCUT2D eigenvalue weighted by atomic mass is 10.1. The number of carbonyl (C=O) groups is 2. The number of nitrogens with one attached hydrogen (secondary N) is 1. The summed E-state index contributed by atoms with van der Waals surface area (Å²) in [5.74, 6) is 0.120. The summed E-state index contributed by atoms with van der Waals surface area (Å²) in [6.07, 6.45) is 1.60. The van der Waals surface area contributed by atoms with E-state index in [9.17, 15) is 9.59 Å². The van der Waals surface area contributed by atoms with E-state index in [0.717, 1.165) is 5.56 Å². The number of benzene rings is 1. The van der Waals surface area contributed by atoms with Gasteiger partial charge in [-0.15, -0.1) is 5.10 Å². The summed E-state index contributed by atoms with van der Waals surface area (Å²) in [6.45, 7) is 6.81. The Morgan fingerprint density at radius 1 is 1.25 bits per heavy atom. The molecule has 1 atom stereocenters. The number of nitrogens with two attached hydrogens (primary N) is 1. The second-order valence-corrected chi connectivity index (χ2v) is 6.98. The highest BCUT2D eigenvalue weighted by Crippen LogP contribution is 2.22. The van der Waals surface area contributed by atoms with Gasteiger partial charge in [0.1, 0.15) is 17.0 Å². The summed E-state index contributed by atoms with van der Waals surface area (Å²) >= 11 is 0. The Kier molecular flexibility index (Phi) is 6.34. The van der Waals surface area contributed by atoms with Crippen molar-refractivity contribution in [2.24, 2.45) is 10.8 Å². The predicted octanol–water partition coefficient (Wildman–Crippen LogP) is 1.88. The molecule has 0 saturated carbocycles. The van der Waals surface area contributed by atoms with Crippen LogP contribution in [0, 0.1) is 0 Å². The number of hydrogen-bond acceptors (Lipinski definition) is 7. The third-order valence-electron chi connectivity index (χ3n) is 3.53. The van der Waals surface area contributed by atoms with Crippen molar-refractivity contribution in [3.8, 4) is 17.0 Å². The Morgan fingerprint density at radius 2 is 1.89 bits per heavy atom. The van der Waals surface area contributed by atoms with E-state index in [0.29, 0.717) is 11.4 Å². The summed E-state index contributed by atoms with van der Waals surface area (Å²) in [5, 5.41) is 12.0. The lowest BCUT2D eigenvalue weighted by Gasteiger charge is -2.23. The van der Waals surface area contributed by atoms with Gasteiger partial charge in [-0.3, -0.25) is 0 Å². The SMILES string of the molecule is COc1ccc(-c2cn(C(C(=O)OC(C)(C)C)/C(C)=N/NC(N)=O)nn2)cc1. The van der Waals surface area contributed by atoms with Crippen LogP contribution in [0.5, 0.6) is 5.75 Å². The summed E-state index contributed by atoms with van der Waals surface area (Å²) in [6, 6.07) is 5.37. The topological polar surface area (TPSA) is 134 Å². The number of carbonyl (C=O) groups excluding carboxylic acids is 2. The van der Waals surface area contributed by atoms with Crippen molar-refractivity contribution < 1.29 is 19.1 Å². The van der Waals surface area contributed by atoms with Gasteiger partial charge in [-0.25, -0.2) is 19.7 Å². The number of amides is 2. The third-order valence-corrected chi connectivity index (χ3v) is 3.53. The number of methoxy groups -OCH3 is 1. The van der Waals surface area contributed by atoms with Crippen molar-refractivity contribution >= 4 is 17.7 Å². The van der Waals surface area contributed by atoms with E-state index >= 15 is 0 Å². The average Bonchev–Trinajstić information content (AvgIpc) is 3.08. The number of nitrogens with zero attached hydrogens (tertiary/aromatic N) is 4. The molecule has 10 nitrogen and oxygen atoms in total. The smallest absolute Gasteiger partial charge is 0.337 e. The van der Waals surface area contributed by atoms with Crippen LogP contribution in [0.25, 0.3) is 11.3 Å². The highest BCUT2D eigenvalue weighted by Gasteiger charge is 2.30. The average molecular weight is 388 g/mol. The number of hydrogen-bond donors (Lipinski definition) is 2. The molecule has 150 valence electrons. The van der Waals surface area contributed by atoms with Gasteiger partial charge in [0.15, 0.2) is 6.04 Å². The molecule has 1 aromatic heterocycles. The maximum atomic E-state index is 12.7. The molecule has 0 fully saturated rings. The first-order valence-corrected chi connectivity index (χ1v) is 8.49. The molecule has 0 aliphatic carbocycles. The molecule has 0 saturated heterocycles. The Bertz CT molecular complexity index is 867. The van der Waals surface area contributed by atoms with E-state index < -0.39 is 23.6 Å². The molecule has 0 aliphatic rings. The molecular weight excluding hydrogens is 364 g/mol. The van der Waals surface area contributed by atoms with Crippen LogP contribution in [-0.2, 0) is 9.53 Å². The van der Waals surface area contributed by atoms with Gasteiger partial charge < -0.3 is 15.2 Å². The predicted molar refractivity (Wildman–Crippen MR) is 103 cm³/mol. The van der Waals surface area contributed by atoms with Gasteiger partial charge in [-0.1, -0.05) is 5.21 Å². The molecule has 1 aromatic carbocycles. The van der Waals surface area contributed by atoms with Crippen LogP contribution in [0.2, 0.25) is 0 Å². The normalized spacial score (nSPS) is 13.0. The number of urea groups is 1. The number of ether oxygens (including phenoxy) is 2. The van der Waals surface area contributed by atoms with Crippen LogP contribution in [-0.4, -0.2) is 45.4 Å². The maximum Gasteiger partial charge on any atom is 0.337 e. The van der Waals surface area contributed by atoms with Crippen molar-refractivity contribution in [2.45, 2.75) is 39.3 Å². The molecule has 10 heteroatoms. The first-order chi connectivity index (χ1) is 13.1. The van der Waals surface area contributed by atoms with Crippen molar-refractivity contribution in [3.63, 3.8) is 0 Å². The molecule has 28 heavy (non-hydrogen) atoms. The number of hydrazone groups is 1. The molecule has 1 unspecified atom stereocenters. The fourth-order valence-electron chi connectivity index (χ4n) is 2.33. The minimum Gasteiger partial charge on any atom is -0.497 e. The maximum absolute atomic E-state index is 12.7. The van der Waals surface area contributed by atoms with Gasteiger partial charge in [-0.2, -0.15) is 5.10 Å². The zero-order valence-corrected chi connectivity index (χ0v) is 16.5. The number of esters is 1. The Hall–Kier alpha value is -3.43. The van der Waals surface area contributed by atoms with Gasteiger partial charge in [-0.05, 0) is 52.0 Å². The Morgan fingerprint density at radius 3 is 2.43 bits per heavy atom. The standard InChI is InChI=1S/C18H24N6O4/c1-11(20-22-17(19)26)15(16(25)28-18(2,3)4)24-10-14(21-23-24)12-6-8-13(27-5)9-7-12/h6-10,15H,1-5H3,(H3,19,22,26)/b20-11+. The first-order valence-electron chi connectivity index (χ1n) is 8.49. The van der Waals surface area contributed by atoms with Crippen LogP contribution in [0.15, 0.2) is 35.6 Å². The van der Waals surface area contributed by atoms with E-state index in [1.807, 2.05) is 12.1 Å². The second-order valence-electron chi connectivity index (χ2n) is 6.98. The molecule has 0 radical (unpaired) electrons. The Balaban J connectivity index is 2.37. The third kappa shape index (κ3) is 5.53. The summed E-state index contributed by atoms with van der Waals surface area (Å²) in [7, 11) is 1.58. The van der Waals surface area contributed by atoms with Gasteiger partial charge in [0.25, 0.3) is 0 Å². The minimum atomic E-state index is -1.02. The van der Waals surface area contributed by atoms with Crippen molar-refractivity contribution in [2.75, 3.05) is 7.11 Å². The second kappa shape index (κ2) is 8.51. The van der Waals surface area contributed by atoms with Crippen LogP contribution in [0.4, 0.5) is 4.79 Å². The fraction of sp³-hybridized carbons (Fsp3) is 0.389. The number of aromatic nitrogens is 3. The van der Waals surface area contributed by atoms with E-state index in [1.54, 1.807) is 53.1 Å². The monoisotopic (exact) mass is 388 g/mol. The molecule has 3 N–H and O–H groups in total. The zero-order chi connectivity index (χ0) is 20.9. The zero-order valence-electron chi connectivity index (χ0n) is 16.5. The molecule has 0 aliphatic heterocycles. The van der Waals surface area contributed by atoms with Crippen molar-refractivity contribution in [1.82, 2.24) is 20.4 Å². The Labute approximate surface area is 162 Å². The van der Waals surface area contributed by atoms with E-state index in [4.69, 9.17) is 15.2 Å². The van der Waals surface area contributed by atoms with Crippen LogP contribution in [0.3, 0.4) is 0 Å². The summed E-state index contributed by atoms with van der Waals surface area (Å²) in [4.78, 5) is 23.7. The molecule has 2 aromatic rings. The fourth-order valence-corrected chi connectivity index (χ4v) is 2.33. The molecule has 0 spiro atoms. The van der Waals surface area contributed by atoms with Crippen LogP contribution in [0.1, 0.15) is 33.7 Å². The van der Waals surface area contributed by atoms with Gasteiger partial charge >= 0.3 is 12.0 Å². The van der Waals surface area contributed by atoms with Crippen LogP contribution < -0.4 is 15.9 Å².